The number of hydrogen-bond acceptors (Lipinski definition) is 2. The molecular formula is C19H20ClN3O2. The Kier molecular flexibility index (Phi) is 4.68. The number of aryl methyl sites for hydroxylation is 2. The Bertz CT molecular complexity index is 969. The molecule has 0 aliphatic heterocycles. The van der Waals surface area contributed by atoms with E-state index in [2.05, 4.69) is 9.67 Å². The number of carboxylic acids is 1. The van der Waals surface area contributed by atoms with E-state index in [9.17, 15) is 4.79 Å². The van der Waals surface area contributed by atoms with Crippen LogP contribution in [-0.4, -0.2) is 25.4 Å². The van der Waals surface area contributed by atoms with Crippen LogP contribution in [0.5, 0.6) is 0 Å². The van der Waals surface area contributed by atoms with Gasteiger partial charge in [0.1, 0.15) is 5.82 Å². The number of benzene rings is 1. The molecule has 3 rings (SSSR count). The quantitative estimate of drug-likeness (QED) is 0.686. The highest BCUT2D eigenvalue weighted by atomic mass is 35.5. The lowest BCUT2D eigenvalue weighted by Crippen LogP contribution is -2.06. The second-order valence-electron chi connectivity index (χ2n) is 6.05. The van der Waals surface area contributed by atoms with Crippen LogP contribution in [0.2, 0.25) is 5.02 Å². The van der Waals surface area contributed by atoms with E-state index in [1.807, 2.05) is 56.0 Å². The lowest BCUT2D eigenvalue weighted by molar-refractivity contribution is -0.131. The van der Waals surface area contributed by atoms with Crippen LogP contribution in [0.4, 0.5) is 0 Å². The first-order chi connectivity index (χ1) is 11.9. The first-order valence-corrected chi connectivity index (χ1v) is 8.51. The monoisotopic (exact) mass is 357 g/mol. The summed E-state index contributed by atoms with van der Waals surface area (Å²) in [7, 11) is 1.90. The summed E-state index contributed by atoms with van der Waals surface area (Å²) < 4.78 is 3.92. The van der Waals surface area contributed by atoms with Crippen molar-refractivity contribution in [1.29, 1.82) is 0 Å². The van der Waals surface area contributed by atoms with Gasteiger partial charge in [0, 0.05) is 41.2 Å². The molecule has 25 heavy (non-hydrogen) atoms. The van der Waals surface area contributed by atoms with Crippen LogP contribution >= 0.6 is 11.6 Å². The minimum atomic E-state index is -0.942. The van der Waals surface area contributed by atoms with Gasteiger partial charge in [0.15, 0.2) is 0 Å². The molecule has 0 aliphatic carbocycles. The normalized spacial score (nSPS) is 13.0. The molecule has 130 valence electrons. The Morgan fingerprint density at radius 3 is 2.84 bits per heavy atom. The number of fused-ring (bicyclic) bond motifs is 1. The van der Waals surface area contributed by atoms with Crippen molar-refractivity contribution in [3.05, 3.63) is 58.9 Å². The molecule has 0 spiro atoms. The fraction of sp³-hybridized carbons (Fsp3) is 0.263. The van der Waals surface area contributed by atoms with Crippen molar-refractivity contribution in [1.82, 2.24) is 14.3 Å². The predicted molar refractivity (Wildman–Crippen MR) is 99.6 cm³/mol. The SMILES string of the molecule is CCC(/C=C/C(=O)O)c1c(C)nn(C)c1-n1ccc2cc(Cl)ccc21. The second kappa shape index (κ2) is 6.76. The van der Waals surface area contributed by atoms with Gasteiger partial charge in [0.05, 0.1) is 11.2 Å². The van der Waals surface area contributed by atoms with Crippen LogP contribution in [0.3, 0.4) is 0 Å². The van der Waals surface area contributed by atoms with Crippen LogP contribution < -0.4 is 0 Å². The number of aliphatic carboxylic acids is 1. The molecule has 1 unspecified atom stereocenters. The average molecular weight is 358 g/mol. The zero-order valence-electron chi connectivity index (χ0n) is 14.4. The standard InChI is InChI=1S/C19H20ClN3O2/c1-4-13(5-8-17(24)25)18-12(2)21-22(3)19(18)23-10-9-14-11-15(20)6-7-16(14)23/h5-11,13H,4H2,1-3H3,(H,24,25)/b8-5+. The Hall–Kier alpha value is -2.53. The van der Waals surface area contributed by atoms with E-state index >= 15 is 0 Å². The molecule has 0 bridgehead atoms. The van der Waals surface area contributed by atoms with Gasteiger partial charge in [-0.15, -0.1) is 0 Å². The first-order valence-electron chi connectivity index (χ1n) is 8.14. The smallest absolute Gasteiger partial charge is 0.327 e. The molecule has 0 radical (unpaired) electrons. The summed E-state index contributed by atoms with van der Waals surface area (Å²) >= 11 is 6.09. The van der Waals surface area contributed by atoms with Crippen LogP contribution in [0.1, 0.15) is 30.5 Å². The molecule has 3 aromatic rings. The number of rotatable bonds is 5. The van der Waals surface area contributed by atoms with Crippen LogP contribution in [-0.2, 0) is 11.8 Å². The Morgan fingerprint density at radius 2 is 2.16 bits per heavy atom. The average Bonchev–Trinajstić information content (AvgIpc) is 3.08. The second-order valence-corrected chi connectivity index (χ2v) is 6.48. The molecule has 5 nitrogen and oxygen atoms in total. The number of hydrogen-bond donors (Lipinski definition) is 1. The number of nitrogens with zero attached hydrogens (tertiary/aromatic N) is 3. The molecule has 6 heteroatoms. The number of carboxylic acid groups (broad SMARTS) is 1. The van der Waals surface area contributed by atoms with Crippen molar-refractivity contribution in [3.8, 4) is 5.82 Å². The summed E-state index contributed by atoms with van der Waals surface area (Å²) in [5.74, 6) is -0.0242. The summed E-state index contributed by atoms with van der Waals surface area (Å²) in [6, 6.07) is 7.79. The van der Waals surface area contributed by atoms with Gasteiger partial charge in [-0.1, -0.05) is 24.6 Å². The highest BCUT2D eigenvalue weighted by Gasteiger charge is 2.22. The van der Waals surface area contributed by atoms with Gasteiger partial charge in [0.2, 0.25) is 0 Å². The summed E-state index contributed by atoms with van der Waals surface area (Å²) in [6.07, 6.45) is 5.72. The zero-order valence-corrected chi connectivity index (χ0v) is 15.2. The lowest BCUT2D eigenvalue weighted by Gasteiger charge is -2.15. The van der Waals surface area contributed by atoms with Crippen molar-refractivity contribution in [2.75, 3.05) is 0 Å². The van der Waals surface area contributed by atoms with Crippen molar-refractivity contribution in [2.24, 2.45) is 7.05 Å². The van der Waals surface area contributed by atoms with Crippen molar-refractivity contribution in [2.45, 2.75) is 26.2 Å². The number of allylic oxidation sites excluding steroid dienone is 1. The molecular weight excluding hydrogens is 338 g/mol. The highest BCUT2D eigenvalue weighted by Crippen LogP contribution is 2.32. The third-order valence-corrected chi connectivity index (χ3v) is 4.63. The Labute approximate surface area is 151 Å². The maximum atomic E-state index is 10.9. The first kappa shape index (κ1) is 17.3. The Morgan fingerprint density at radius 1 is 1.40 bits per heavy atom. The minimum absolute atomic E-state index is 0.0236. The maximum Gasteiger partial charge on any atom is 0.327 e. The van der Waals surface area contributed by atoms with Gasteiger partial charge in [-0.25, -0.2) is 4.79 Å². The van der Waals surface area contributed by atoms with Crippen LogP contribution in [0.15, 0.2) is 42.6 Å². The van der Waals surface area contributed by atoms with E-state index in [-0.39, 0.29) is 5.92 Å². The largest absolute Gasteiger partial charge is 0.478 e. The van der Waals surface area contributed by atoms with Gasteiger partial charge in [-0.05, 0) is 37.6 Å². The van der Waals surface area contributed by atoms with E-state index in [4.69, 9.17) is 16.7 Å². The number of carbonyl (C=O) groups is 1. The molecule has 2 heterocycles. The predicted octanol–water partition coefficient (Wildman–Crippen LogP) is 4.46. The molecule has 1 atom stereocenters. The molecule has 0 aliphatic rings. The van der Waals surface area contributed by atoms with E-state index in [0.717, 1.165) is 34.4 Å². The molecule has 0 saturated carbocycles. The van der Waals surface area contributed by atoms with E-state index < -0.39 is 5.97 Å². The number of halogens is 1. The van der Waals surface area contributed by atoms with E-state index in [1.54, 1.807) is 6.08 Å². The Balaban J connectivity index is 2.20. The molecule has 0 amide bonds. The van der Waals surface area contributed by atoms with Crippen molar-refractivity contribution >= 4 is 28.5 Å². The van der Waals surface area contributed by atoms with Crippen LogP contribution in [0, 0.1) is 6.92 Å². The van der Waals surface area contributed by atoms with Crippen molar-refractivity contribution in [3.63, 3.8) is 0 Å². The maximum absolute atomic E-state index is 10.9. The number of aromatic nitrogens is 3. The van der Waals surface area contributed by atoms with Gasteiger partial charge in [0.25, 0.3) is 0 Å². The van der Waals surface area contributed by atoms with Crippen LogP contribution in [0.25, 0.3) is 16.7 Å². The third-order valence-electron chi connectivity index (χ3n) is 4.40. The molecule has 1 aromatic carbocycles. The van der Waals surface area contributed by atoms with Gasteiger partial charge in [-0.3, -0.25) is 4.68 Å². The molecule has 2 aromatic heterocycles. The summed E-state index contributed by atoms with van der Waals surface area (Å²) in [4.78, 5) is 10.9. The highest BCUT2D eigenvalue weighted by molar-refractivity contribution is 6.31. The third kappa shape index (κ3) is 3.20. The molecule has 0 fully saturated rings. The van der Waals surface area contributed by atoms with Gasteiger partial charge < -0.3 is 9.67 Å². The van der Waals surface area contributed by atoms with E-state index in [1.165, 1.54) is 6.08 Å². The summed E-state index contributed by atoms with van der Waals surface area (Å²) in [5.41, 5.74) is 2.97. The topological polar surface area (TPSA) is 60.0 Å². The van der Waals surface area contributed by atoms with Crippen molar-refractivity contribution < 1.29 is 9.90 Å². The zero-order chi connectivity index (χ0) is 18.1. The summed E-state index contributed by atoms with van der Waals surface area (Å²) in [6.45, 7) is 4.00. The fourth-order valence-corrected chi connectivity index (χ4v) is 3.50. The minimum Gasteiger partial charge on any atom is -0.478 e. The van der Waals surface area contributed by atoms with E-state index in [0.29, 0.717) is 5.02 Å². The fourth-order valence-electron chi connectivity index (χ4n) is 3.32. The van der Waals surface area contributed by atoms with Gasteiger partial charge in [-0.2, -0.15) is 5.10 Å². The summed E-state index contributed by atoms with van der Waals surface area (Å²) in [5, 5.41) is 15.3. The molecule has 0 saturated heterocycles. The molecule has 1 N–H and O–H groups in total. The van der Waals surface area contributed by atoms with Gasteiger partial charge >= 0.3 is 5.97 Å². The lowest BCUT2D eigenvalue weighted by atomic mass is 9.95.